The van der Waals surface area contributed by atoms with E-state index in [9.17, 15) is 9.90 Å². The molecule has 2 aromatic carbocycles. The average molecular weight is 350 g/mol. The predicted octanol–water partition coefficient (Wildman–Crippen LogP) is 2.95. The van der Waals surface area contributed by atoms with Crippen molar-refractivity contribution in [2.24, 2.45) is 0 Å². The van der Waals surface area contributed by atoms with Crippen LogP contribution in [-0.4, -0.2) is 25.8 Å². The van der Waals surface area contributed by atoms with Crippen LogP contribution >= 0.6 is 0 Å². The van der Waals surface area contributed by atoms with Gasteiger partial charge in [-0.1, -0.05) is 36.4 Å². The zero-order chi connectivity index (χ0) is 18.5. The van der Waals surface area contributed by atoms with Crippen molar-refractivity contribution in [1.82, 2.24) is 20.1 Å². The van der Waals surface area contributed by atoms with E-state index in [-0.39, 0.29) is 18.6 Å². The Labute approximate surface area is 152 Å². The second-order valence-corrected chi connectivity index (χ2v) is 6.02. The van der Waals surface area contributed by atoms with Crippen molar-refractivity contribution >= 4 is 5.91 Å². The van der Waals surface area contributed by atoms with Crippen LogP contribution in [0.4, 0.5) is 0 Å². The fraction of sp³-hybridized carbons (Fsp3) is 0.250. The summed E-state index contributed by atoms with van der Waals surface area (Å²) in [5.74, 6) is 0.569. The molecule has 0 aliphatic rings. The summed E-state index contributed by atoms with van der Waals surface area (Å²) in [6.07, 6.45) is 1.49. The zero-order valence-electron chi connectivity index (χ0n) is 14.9. The van der Waals surface area contributed by atoms with E-state index in [1.165, 1.54) is 6.33 Å². The molecule has 0 radical (unpaired) electrons. The Morgan fingerprint density at radius 1 is 1.19 bits per heavy atom. The van der Waals surface area contributed by atoms with Crippen molar-refractivity contribution in [3.05, 3.63) is 71.8 Å². The third-order valence-electron chi connectivity index (χ3n) is 4.33. The minimum Gasteiger partial charge on any atom is -0.392 e. The largest absolute Gasteiger partial charge is 0.392 e. The number of aliphatic hydroxyl groups excluding tert-OH is 1. The van der Waals surface area contributed by atoms with E-state index in [1.807, 2.05) is 50.2 Å². The lowest BCUT2D eigenvalue weighted by atomic mass is 9.99. The molecule has 1 atom stereocenters. The summed E-state index contributed by atoms with van der Waals surface area (Å²) in [5.41, 5.74) is 3.36. The summed E-state index contributed by atoms with van der Waals surface area (Å²) >= 11 is 0. The van der Waals surface area contributed by atoms with Crippen LogP contribution in [0.1, 0.15) is 41.6 Å². The molecule has 1 amide bonds. The van der Waals surface area contributed by atoms with Crippen LogP contribution in [0.15, 0.2) is 54.9 Å². The Hall–Kier alpha value is -2.99. The van der Waals surface area contributed by atoms with Crippen LogP contribution in [0, 0.1) is 0 Å². The van der Waals surface area contributed by atoms with Gasteiger partial charge in [0.05, 0.1) is 12.6 Å². The Balaban J connectivity index is 1.75. The van der Waals surface area contributed by atoms with Crippen LogP contribution in [0.5, 0.6) is 0 Å². The molecule has 2 N–H and O–H groups in total. The number of benzene rings is 2. The monoisotopic (exact) mass is 350 g/mol. The van der Waals surface area contributed by atoms with E-state index in [2.05, 4.69) is 15.4 Å². The Morgan fingerprint density at radius 2 is 1.92 bits per heavy atom. The molecule has 3 rings (SSSR count). The number of hydrogen-bond donors (Lipinski definition) is 2. The number of hydrogen-bond acceptors (Lipinski definition) is 4. The molecule has 0 aliphatic carbocycles. The third-order valence-corrected chi connectivity index (χ3v) is 4.33. The lowest BCUT2D eigenvalue weighted by molar-refractivity contribution is 0.0937. The van der Waals surface area contributed by atoms with Gasteiger partial charge in [-0.3, -0.25) is 4.79 Å². The Bertz CT molecular complexity index is 887. The fourth-order valence-corrected chi connectivity index (χ4v) is 2.94. The van der Waals surface area contributed by atoms with Crippen LogP contribution in [-0.2, 0) is 13.2 Å². The number of rotatable bonds is 6. The SMILES string of the molecule is CCn1ncnc1C(C)NC(=O)c1ccc(-c2ccccc2CO)cc1. The van der Waals surface area contributed by atoms with E-state index in [1.54, 1.807) is 16.8 Å². The number of aliphatic hydroxyl groups is 1. The Kier molecular flexibility index (Phi) is 5.43. The fourth-order valence-electron chi connectivity index (χ4n) is 2.94. The highest BCUT2D eigenvalue weighted by Gasteiger charge is 2.16. The predicted molar refractivity (Wildman–Crippen MR) is 99.4 cm³/mol. The molecule has 0 aliphatic heterocycles. The summed E-state index contributed by atoms with van der Waals surface area (Å²) in [6.45, 7) is 4.55. The molecular formula is C20H22N4O2. The standard InChI is InChI=1S/C20H22N4O2/c1-3-24-19(21-13-22-24)14(2)23-20(26)16-10-8-15(9-11-16)18-7-5-4-6-17(18)12-25/h4-11,13-14,25H,3,12H2,1-2H3,(H,23,26). The quantitative estimate of drug-likeness (QED) is 0.716. The van der Waals surface area contributed by atoms with Crippen molar-refractivity contribution in [1.29, 1.82) is 0 Å². The van der Waals surface area contributed by atoms with E-state index < -0.39 is 0 Å². The number of nitrogens with zero attached hydrogens (tertiary/aromatic N) is 3. The first kappa shape index (κ1) is 17.8. The summed E-state index contributed by atoms with van der Waals surface area (Å²) in [5, 5.41) is 16.6. The molecule has 1 unspecified atom stereocenters. The third kappa shape index (κ3) is 3.65. The van der Waals surface area contributed by atoms with Gasteiger partial charge in [-0.25, -0.2) is 9.67 Å². The number of aromatic nitrogens is 3. The molecule has 1 aromatic heterocycles. The molecule has 0 fully saturated rings. The molecule has 0 bridgehead atoms. The van der Waals surface area contributed by atoms with E-state index >= 15 is 0 Å². The van der Waals surface area contributed by atoms with Crippen LogP contribution in [0.25, 0.3) is 11.1 Å². The van der Waals surface area contributed by atoms with Crippen molar-refractivity contribution in [2.45, 2.75) is 33.0 Å². The lowest BCUT2D eigenvalue weighted by Gasteiger charge is -2.14. The highest BCUT2D eigenvalue weighted by Crippen LogP contribution is 2.24. The van der Waals surface area contributed by atoms with E-state index in [4.69, 9.17) is 0 Å². The summed E-state index contributed by atoms with van der Waals surface area (Å²) < 4.78 is 1.76. The zero-order valence-corrected chi connectivity index (χ0v) is 14.9. The van der Waals surface area contributed by atoms with Crippen molar-refractivity contribution < 1.29 is 9.90 Å². The van der Waals surface area contributed by atoms with Gasteiger partial charge in [-0.2, -0.15) is 5.10 Å². The average Bonchev–Trinajstić information content (AvgIpc) is 3.17. The van der Waals surface area contributed by atoms with Gasteiger partial charge in [0.25, 0.3) is 5.91 Å². The van der Waals surface area contributed by atoms with Gasteiger partial charge in [0.2, 0.25) is 0 Å². The van der Waals surface area contributed by atoms with Crippen molar-refractivity contribution in [3.63, 3.8) is 0 Å². The molecule has 6 nitrogen and oxygen atoms in total. The highest BCUT2D eigenvalue weighted by molar-refractivity contribution is 5.94. The summed E-state index contributed by atoms with van der Waals surface area (Å²) in [4.78, 5) is 16.7. The van der Waals surface area contributed by atoms with E-state index in [0.29, 0.717) is 12.1 Å². The van der Waals surface area contributed by atoms with Gasteiger partial charge in [0, 0.05) is 12.1 Å². The minimum atomic E-state index is -0.236. The Morgan fingerprint density at radius 3 is 2.62 bits per heavy atom. The topological polar surface area (TPSA) is 80.0 Å². The second-order valence-electron chi connectivity index (χ2n) is 6.02. The molecule has 0 saturated carbocycles. The van der Waals surface area contributed by atoms with Gasteiger partial charge in [-0.05, 0) is 42.7 Å². The summed E-state index contributed by atoms with van der Waals surface area (Å²) in [7, 11) is 0. The molecule has 3 aromatic rings. The number of nitrogens with one attached hydrogen (secondary N) is 1. The van der Waals surface area contributed by atoms with Crippen LogP contribution < -0.4 is 5.32 Å². The number of carbonyl (C=O) groups excluding carboxylic acids is 1. The van der Waals surface area contributed by atoms with E-state index in [0.717, 1.165) is 22.5 Å². The highest BCUT2D eigenvalue weighted by atomic mass is 16.3. The van der Waals surface area contributed by atoms with Gasteiger partial charge in [-0.15, -0.1) is 0 Å². The number of amides is 1. The molecule has 6 heteroatoms. The van der Waals surface area contributed by atoms with Gasteiger partial charge in [0.1, 0.15) is 12.2 Å². The second kappa shape index (κ2) is 7.93. The van der Waals surface area contributed by atoms with Gasteiger partial charge >= 0.3 is 0 Å². The lowest BCUT2D eigenvalue weighted by Crippen LogP contribution is -2.28. The van der Waals surface area contributed by atoms with Crippen LogP contribution in [0.3, 0.4) is 0 Å². The maximum atomic E-state index is 12.5. The first-order valence-corrected chi connectivity index (χ1v) is 8.61. The molecule has 26 heavy (non-hydrogen) atoms. The van der Waals surface area contributed by atoms with Crippen molar-refractivity contribution in [2.75, 3.05) is 0 Å². The molecule has 134 valence electrons. The summed E-state index contributed by atoms with van der Waals surface area (Å²) in [6, 6.07) is 14.8. The van der Waals surface area contributed by atoms with Crippen LogP contribution in [0.2, 0.25) is 0 Å². The number of aryl methyl sites for hydroxylation is 1. The molecule has 0 saturated heterocycles. The van der Waals surface area contributed by atoms with Gasteiger partial charge < -0.3 is 10.4 Å². The first-order chi connectivity index (χ1) is 12.6. The molecule has 0 spiro atoms. The number of carbonyl (C=O) groups is 1. The van der Waals surface area contributed by atoms with Gasteiger partial charge in [0.15, 0.2) is 0 Å². The maximum absolute atomic E-state index is 12.5. The maximum Gasteiger partial charge on any atom is 0.251 e. The molecule has 1 heterocycles. The minimum absolute atomic E-state index is 0.0198. The molecular weight excluding hydrogens is 328 g/mol. The first-order valence-electron chi connectivity index (χ1n) is 8.61. The normalized spacial score (nSPS) is 12.0. The van der Waals surface area contributed by atoms with Crippen molar-refractivity contribution in [3.8, 4) is 11.1 Å². The smallest absolute Gasteiger partial charge is 0.251 e.